The number of H-pyrrole nitrogens is 1. The molecule has 0 saturated carbocycles. The first kappa shape index (κ1) is 11.8. The standard InChI is InChI=1S/C11H18N2O2/c1-6(2)5-9-8(4)12-10(13-9)7(3)11(14)15/h6-7H,5H2,1-4H3,(H,12,13)(H,14,15). The lowest BCUT2D eigenvalue weighted by Gasteiger charge is -2.01. The van der Waals surface area contributed by atoms with Crippen molar-refractivity contribution in [3.05, 3.63) is 17.2 Å². The van der Waals surface area contributed by atoms with Gasteiger partial charge in [-0.1, -0.05) is 13.8 Å². The zero-order chi connectivity index (χ0) is 11.6. The van der Waals surface area contributed by atoms with E-state index >= 15 is 0 Å². The average molecular weight is 210 g/mol. The smallest absolute Gasteiger partial charge is 0.313 e. The Balaban J connectivity index is 2.90. The van der Waals surface area contributed by atoms with Gasteiger partial charge in [0.05, 0.1) is 5.69 Å². The Kier molecular flexibility index (Phi) is 3.50. The molecule has 1 unspecified atom stereocenters. The molecule has 1 aromatic heterocycles. The van der Waals surface area contributed by atoms with Gasteiger partial charge >= 0.3 is 5.97 Å². The molecule has 4 heteroatoms. The number of hydrogen-bond donors (Lipinski definition) is 2. The Morgan fingerprint density at radius 3 is 2.53 bits per heavy atom. The second-order valence-electron chi connectivity index (χ2n) is 4.35. The minimum absolute atomic E-state index is 0.528. The summed E-state index contributed by atoms with van der Waals surface area (Å²) in [5.74, 6) is -0.333. The second kappa shape index (κ2) is 4.47. The first-order valence-electron chi connectivity index (χ1n) is 5.20. The fourth-order valence-electron chi connectivity index (χ4n) is 1.43. The number of carbonyl (C=O) groups is 1. The molecule has 1 atom stereocenters. The summed E-state index contributed by atoms with van der Waals surface area (Å²) in [6.45, 7) is 7.81. The highest BCUT2D eigenvalue weighted by Crippen LogP contribution is 2.16. The third kappa shape index (κ3) is 2.81. The molecule has 0 radical (unpaired) electrons. The number of nitrogens with zero attached hydrogens (tertiary/aromatic N) is 1. The Labute approximate surface area is 89.7 Å². The molecule has 4 nitrogen and oxygen atoms in total. The molecule has 0 bridgehead atoms. The van der Waals surface area contributed by atoms with Gasteiger partial charge in [-0.2, -0.15) is 0 Å². The van der Waals surface area contributed by atoms with E-state index in [9.17, 15) is 4.79 Å². The molecule has 0 aromatic carbocycles. The maximum absolute atomic E-state index is 10.8. The molecule has 1 aromatic rings. The van der Waals surface area contributed by atoms with Gasteiger partial charge in [0.15, 0.2) is 0 Å². The summed E-state index contributed by atoms with van der Waals surface area (Å²) in [5.41, 5.74) is 1.96. The van der Waals surface area contributed by atoms with E-state index in [1.807, 2.05) is 6.92 Å². The molecule has 0 saturated heterocycles. The summed E-state index contributed by atoms with van der Waals surface area (Å²) in [5, 5.41) is 8.86. The molecule has 84 valence electrons. The van der Waals surface area contributed by atoms with E-state index < -0.39 is 11.9 Å². The lowest BCUT2D eigenvalue weighted by atomic mass is 10.1. The molecular weight excluding hydrogens is 192 g/mol. The molecule has 1 heterocycles. The first-order valence-corrected chi connectivity index (χ1v) is 5.20. The van der Waals surface area contributed by atoms with Crippen molar-refractivity contribution < 1.29 is 9.90 Å². The predicted molar refractivity (Wildman–Crippen MR) is 57.9 cm³/mol. The van der Waals surface area contributed by atoms with E-state index in [0.717, 1.165) is 17.8 Å². The average Bonchev–Trinajstić information content (AvgIpc) is 2.45. The number of hydrogen-bond acceptors (Lipinski definition) is 2. The highest BCUT2D eigenvalue weighted by molar-refractivity contribution is 5.74. The summed E-state index contributed by atoms with van der Waals surface area (Å²) in [4.78, 5) is 18.2. The highest BCUT2D eigenvalue weighted by Gasteiger charge is 2.19. The van der Waals surface area contributed by atoms with Crippen LogP contribution in [0.5, 0.6) is 0 Å². The van der Waals surface area contributed by atoms with Crippen molar-refractivity contribution in [1.82, 2.24) is 9.97 Å². The number of nitrogens with one attached hydrogen (secondary N) is 1. The molecule has 1 rings (SSSR count). The van der Waals surface area contributed by atoms with E-state index in [1.54, 1.807) is 6.92 Å². The van der Waals surface area contributed by atoms with Crippen LogP contribution in [0, 0.1) is 12.8 Å². The Morgan fingerprint density at radius 1 is 1.47 bits per heavy atom. The molecule has 0 aliphatic carbocycles. The maximum atomic E-state index is 10.8. The van der Waals surface area contributed by atoms with E-state index in [2.05, 4.69) is 23.8 Å². The van der Waals surface area contributed by atoms with E-state index in [0.29, 0.717) is 11.7 Å². The van der Waals surface area contributed by atoms with E-state index in [4.69, 9.17) is 5.11 Å². The predicted octanol–water partition coefficient (Wildman–Crippen LogP) is 2.10. The van der Waals surface area contributed by atoms with Crippen LogP contribution in [0.25, 0.3) is 0 Å². The van der Waals surface area contributed by atoms with Gasteiger partial charge in [0, 0.05) is 5.69 Å². The molecule has 15 heavy (non-hydrogen) atoms. The van der Waals surface area contributed by atoms with Crippen LogP contribution in [0.3, 0.4) is 0 Å². The maximum Gasteiger partial charge on any atom is 0.313 e. The number of carboxylic acid groups (broad SMARTS) is 1. The van der Waals surface area contributed by atoms with Crippen LogP contribution in [0.15, 0.2) is 0 Å². The van der Waals surface area contributed by atoms with E-state index in [-0.39, 0.29) is 0 Å². The van der Waals surface area contributed by atoms with Gasteiger partial charge < -0.3 is 10.1 Å². The van der Waals surface area contributed by atoms with Crippen LogP contribution in [0.1, 0.15) is 43.9 Å². The van der Waals surface area contributed by atoms with Gasteiger partial charge in [-0.05, 0) is 26.2 Å². The number of carboxylic acids is 1. The fourth-order valence-corrected chi connectivity index (χ4v) is 1.43. The monoisotopic (exact) mass is 210 g/mol. The zero-order valence-electron chi connectivity index (χ0n) is 9.66. The van der Waals surface area contributed by atoms with Crippen LogP contribution in [-0.2, 0) is 11.2 Å². The largest absolute Gasteiger partial charge is 0.481 e. The van der Waals surface area contributed by atoms with Crippen molar-refractivity contribution in [2.75, 3.05) is 0 Å². The summed E-state index contributed by atoms with van der Waals surface area (Å²) in [6.07, 6.45) is 0.884. The van der Waals surface area contributed by atoms with Crippen molar-refractivity contribution in [2.45, 2.75) is 40.0 Å². The third-order valence-electron chi connectivity index (χ3n) is 2.39. The molecule has 0 aliphatic heterocycles. The lowest BCUT2D eigenvalue weighted by molar-refractivity contribution is -0.138. The second-order valence-corrected chi connectivity index (χ2v) is 4.35. The van der Waals surface area contributed by atoms with Gasteiger partial charge in [0.1, 0.15) is 11.7 Å². The van der Waals surface area contributed by atoms with Crippen molar-refractivity contribution in [1.29, 1.82) is 0 Å². The normalized spacial score (nSPS) is 13.1. The summed E-state index contributed by atoms with van der Waals surface area (Å²) in [6, 6.07) is 0. The molecule has 0 fully saturated rings. The number of aliphatic carboxylic acids is 1. The molecule has 0 aliphatic rings. The molecular formula is C11H18N2O2. The summed E-state index contributed by atoms with van der Waals surface area (Å²) in [7, 11) is 0. The Morgan fingerprint density at radius 2 is 2.07 bits per heavy atom. The van der Waals surface area contributed by atoms with Crippen LogP contribution < -0.4 is 0 Å². The number of aromatic nitrogens is 2. The molecule has 0 amide bonds. The van der Waals surface area contributed by atoms with Crippen molar-refractivity contribution in [3.8, 4) is 0 Å². The van der Waals surface area contributed by atoms with Gasteiger partial charge in [-0.3, -0.25) is 4.79 Å². The number of aryl methyl sites for hydroxylation is 1. The first-order chi connectivity index (χ1) is 6.91. The van der Waals surface area contributed by atoms with Gasteiger partial charge in [0.25, 0.3) is 0 Å². The highest BCUT2D eigenvalue weighted by atomic mass is 16.4. The topological polar surface area (TPSA) is 66.0 Å². The van der Waals surface area contributed by atoms with E-state index in [1.165, 1.54) is 0 Å². The van der Waals surface area contributed by atoms with Crippen molar-refractivity contribution >= 4 is 5.97 Å². The SMILES string of the molecule is Cc1[nH]c(C(C)C(=O)O)nc1CC(C)C. The van der Waals surface area contributed by atoms with Gasteiger partial charge in [-0.15, -0.1) is 0 Å². The minimum Gasteiger partial charge on any atom is -0.481 e. The minimum atomic E-state index is -0.847. The van der Waals surface area contributed by atoms with Crippen molar-refractivity contribution in [3.63, 3.8) is 0 Å². The van der Waals surface area contributed by atoms with Crippen LogP contribution >= 0.6 is 0 Å². The zero-order valence-corrected chi connectivity index (χ0v) is 9.66. The molecule has 0 spiro atoms. The summed E-state index contributed by atoms with van der Waals surface area (Å²) >= 11 is 0. The van der Waals surface area contributed by atoms with Crippen LogP contribution in [0.2, 0.25) is 0 Å². The number of imidazole rings is 1. The Hall–Kier alpha value is -1.32. The lowest BCUT2D eigenvalue weighted by Crippen LogP contribution is -2.09. The number of aromatic amines is 1. The van der Waals surface area contributed by atoms with Gasteiger partial charge in [-0.25, -0.2) is 4.98 Å². The number of rotatable bonds is 4. The van der Waals surface area contributed by atoms with Crippen LogP contribution in [-0.4, -0.2) is 21.0 Å². The Bertz CT molecular complexity index is 355. The van der Waals surface area contributed by atoms with Gasteiger partial charge in [0.2, 0.25) is 0 Å². The third-order valence-corrected chi connectivity index (χ3v) is 2.39. The fraction of sp³-hybridized carbons (Fsp3) is 0.636. The molecule has 2 N–H and O–H groups in total. The quantitative estimate of drug-likeness (QED) is 0.799. The summed E-state index contributed by atoms with van der Waals surface area (Å²) < 4.78 is 0. The van der Waals surface area contributed by atoms with Crippen molar-refractivity contribution in [2.24, 2.45) is 5.92 Å². The van der Waals surface area contributed by atoms with Crippen LogP contribution in [0.4, 0.5) is 0 Å².